The monoisotopic (exact) mass is 545 g/mol. The zero-order chi connectivity index (χ0) is 28.1. The standard InChI is InChI=1S/C40H23N3/c1-2-12-26(13-3-1)38-40(42-39-28-15-7-5-11-25(28)21-23-32(39)41-38)43-33-18-8-16-29-30-22-20-24-10-4-6-14-27(24)35(30)31-17-9-19-34(43)37(31)36(29)33/h1-23H. The van der Waals surface area contributed by atoms with Crippen molar-refractivity contribution in [3.8, 4) is 17.1 Å². The van der Waals surface area contributed by atoms with Gasteiger partial charge in [-0.2, -0.15) is 0 Å². The molecule has 10 aromatic rings. The summed E-state index contributed by atoms with van der Waals surface area (Å²) in [7, 11) is 0. The summed E-state index contributed by atoms with van der Waals surface area (Å²) >= 11 is 0. The van der Waals surface area contributed by atoms with E-state index in [0.29, 0.717) is 0 Å². The highest BCUT2D eigenvalue weighted by molar-refractivity contribution is 6.38. The van der Waals surface area contributed by atoms with E-state index in [2.05, 4.69) is 138 Å². The molecule has 8 aromatic carbocycles. The van der Waals surface area contributed by atoms with Crippen molar-refractivity contribution in [2.75, 3.05) is 0 Å². The van der Waals surface area contributed by atoms with Crippen molar-refractivity contribution < 1.29 is 0 Å². The predicted octanol–water partition coefficient (Wildman–Crippen LogP) is 10.4. The summed E-state index contributed by atoms with van der Waals surface area (Å²) in [6, 6.07) is 49.8. The number of benzene rings is 8. The summed E-state index contributed by atoms with van der Waals surface area (Å²) in [5.74, 6) is 0.847. The van der Waals surface area contributed by atoms with Crippen molar-refractivity contribution in [3.63, 3.8) is 0 Å². The van der Waals surface area contributed by atoms with Gasteiger partial charge in [0.2, 0.25) is 0 Å². The van der Waals surface area contributed by atoms with E-state index in [-0.39, 0.29) is 0 Å². The van der Waals surface area contributed by atoms with E-state index < -0.39 is 0 Å². The molecule has 10 rings (SSSR count). The highest BCUT2D eigenvalue weighted by atomic mass is 15.1. The Hall–Kier alpha value is -5.80. The molecule has 198 valence electrons. The van der Waals surface area contributed by atoms with Gasteiger partial charge in [-0.1, -0.05) is 121 Å². The lowest BCUT2D eigenvalue weighted by Gasteiger charge is -2.14. The molecule has 0 fully saturated rings. The Morgan fingerprint density at radius 1 is 0.395 bits per heavy atom. The van der Waals surface area contributed by atoms with Crippen molar-refractivity contribution in [1.29, 1.82) is 0 Å². The first-order chi connectivity index (χ1) is 21.3. The number of rotatable bonds is 2. The maximum absolute atomic E-state index is 5.50. The molecule has 2 heterocycles. The van der Waals surface area contributed by atoms with Crippen LogP contribution in [0.2, 0.25) is 0 Å². The van der Waals surface area contributed by atoms with E-state index in [9.17, 15) is 0 Å². The second-order valence-electron chi connectivity index (χ2n) is 11.4. The molecule has 0 bridgehead atoms. The molecule has 0 aliphatic heterocycles. The fourth-order valence-electron chi connectivity index (χ4n) is 7.28. The Labute approximate surface area is 246 Å². The third-order valence-corrected chi connectivity index (χ3v) is 9.11. The lowest BCUT2D eigenvalue weighted by Crippen LogP contribution is -2.04. The summed E-state index contributed by atoms with van der Waals surface area (Å²) < 4.78 is 2.35. The molecule has 3 heteroatoms. The fourth-order valence-corrected chi connectivity index (χ4v) is 7.28. The van der Waals surface area contributed by atoms with Gasteiger partial charge in [0.1, 0.15) is 5.69 Å². The first-order valence-corrected chi connectivity index (χ1v) is 14.7. The third-order valence-electron chi connectivity index (χ3n) is 9.11. The maximum atomic E-state index is 5.50. The smallest absolute Gasteiger partial charge is 0.165 e. The molecule has 0 atom stereocenters. The SMILES string of the molecule is c1ccc(-c2nc3ccc4ccccc4c3nc2-n2c3cccc4c5ccc6ccccc6c5c5cccc2c5c43)cc1. The van der Waals surface area contributed by atoms with Crippen LogP contribution in [0.5, 0.6) is 0 Å². The highest BCUT2D eigenvalue weighted by Crippen LogP contribution is 2.46. The molecule has 3 nitrogen and oxygen atoms in total. The largest absolute Gasteiger partial charge is 0.292 e. The average molecular weight is 546 g/mol. The zero-order valence-corrected chi connectivity index (χ0v) is 23.1. The second kappa shape index (κ2) is 8.37. The van der Waals surface area contributed by atoms with E-state index >= 15 is 0 Å². The van der Waals surface area contributed by atoms with Gasteiger partial charge in [-0.25, -0.2) is 9.97 Å². The molecule has 0 radical (unpaired) electrons. The van der Waals surface area contributed by atoms with Crippen molar-refractivity contribution in [1.82, 2.24) is 14.5 Å². The van der Waals surface area contributed by atoms with Gasteiger partial charge >= 0.3 is 0 Å². The van der Waals surface area contributed by atoms with E-state index in [1.807, 2.05) is 6.07 Å². The minimum absolute atomic E-state index is 0.847. The number of hydrogen-bond donors (Lipinski definition) is 0. The van der Waals surface area contributed by atoms with Crippen LogP contribution in [0.25, 0.3) is 93.0 Å². The van der Waals surface area contributed by atoms with Crippen LogP contribution in [-0.2, 0) is 0 Å². The van der Waals surface area contributed by atoms with Crippen LogP contribution < -0.4 is 0 Å². The summed E-state index contributed by atoms with van der Waals surface area (Å²) in [6.07, 6.45) is 0. The molecule has 0 amide bonds. The van der Waals surface area contributed by atoms with Gasteiger partial charge in [0, 0.05) is 21.7 Å². The molecule has 0 aliphatic carbocycles. The summed E-state index contributed by atoms with van der Waals surface area (Å²) in [5.41, 5.74) is 6.02. The van der Waals surface area contributed by atoms with Crippen LogP contribution in [-0.4, -0.2) is 14.5 Å². The third kappa shape index (κ3) is 3.03. The Bertz CT molecular complexity index is 2720. The molecule has 0 unspecified atom stereocenters. The van der Waals surface area contributed by atoms with Crippen LogP contribution in [0.15, 0.2) is 140 Å². The fraction of sp³-hybridized carbons (Fsp3) is 0. The first-order valence-electron chi connectivity index (χ1n) is 14.7. The molecule has 2 aromatic heterocycles. The summed E-state index contributed by atoms with van der Waals surface area (Å²) in [4.78, 5) is 10.8. The van der Waals surface area contributed by atoms with Crippen LogP contribution in [0.1, 0.15) is 0 Å². The lowest BCUT2D eigenvalue weighted by molar-refractivity contribution is 1.08. The Balaban J connectivity index is 1.44. The second-order valence-corrected chi connectivity index (χ2v) is 11.4. The Morgan fingerprint density at radius 3 is 1.81 bits per heavy atom. The predicted molar refractivity (Wildman–Crippen MR) is 181 cm³/mol. The molecule has 0 N–H and O–H groups in total. The van der Waals surface area contributed by atoms with Gasteiger partial charge in [-0.05, 0) is 55.9 Å². The van der Waals surface area contributed by atoms with E-state index in [0.717, 1.165) is 49.9 Å². The van der Waals surface area contributed by atoms with Crippen LogP contribution in [0.3, 0.4) is 0 Å². The summed E-state index contributed by atoms with van der Waals surface area (Å²) in [5, 5.41) is 12.5. The number of hydrogen-bond acceptors (Lipinski definition) is 2. The first kappa shape index (κ1) is 22.8. The number of nitrogens with zero attached hydrogens (tertiary/aromatic N) is 3. The van der Waals surface area contributed by atoms with E-state index in [1.165, 1.54) is 43.1 Å². The van der Waals surface area contributed by atoms with Crippen LogP contribution in [0.4, 0.5) is 0 Å². The van der Waals surface area contributed by atoms with Gasteiger partial charge in [-0.15, -0.1) is 0 Å². The topological polar surface area (TPSA) is 30.7 Å². The van der Waals surface area contributed by atoms with E-state index in [4.69, 9.17) is 9.97 Å². The van der Waals surface area contributed by atoms with Crippen molar-refractivity contribution in [3.05, 3.63) is 140 Å². The van der Waals surface area contributed by atoms with Gasteiger partial charge < -0.3 is 0 Å². The van der Waals surface area contributed by atoms with Gasteiger partial charge in [0.05, 0.1) is 22.1 Å². The molecule has 0 saturated carbocycles. The van der Waals surface area contributed by atoms with Crippen LogP contribution >= 0.6 is 0 Å². The van der Waals surface area contributed by atoms with E-state index in [1.54, 1.807) is 0 Å². The van der Waals surface area contributed by atoms with Crippen molar-refractivity contribution in [2.24, 2.45) is 0 Å². The molecule has 0 aliphatic rings. The van der Waals surface area contributed by atoms with Crippen molar-refractivity contribution >= 4 is 75.9 Å². The quantitative estimate of drug-likeness (QED) is 0.202. The number of aromatic nitrogens is 3. The van der Waals surface area contributed by atoms with Gasteiger partial charge in [0.15, 0.2) is 5.82 Å². The Kier molecular flexibility index (Phi) is 4.45. The molecule has 0 saturated heterocycles. The minimum atomic E-state index is 0.847. The minimum Gasteiger partial charge on any atom is -0.292 e. The number of fused-ring (bicyclic) bond motifs is 8. The van der Waals surface area contributed by atoms with Crippen molar-refractivity contribution in [2.45, 2.75) is 0 Å². The molecule has 0 spiro atoms. The van der Waals surface area contributed by atoms with Gasteiger partial charge in [-0.3, -0.25) is 4.57 Å². The zero-order valence-electron chi connectivity index (χ0n) is 23.1. The average Bonchev–Trinajstić information content (AvgIpc) is 3.42. The Morgan fingerprint density at radius 2 is 1.00 bits per heavy atom. The molecular formula is C40H23N3. The van der Waals surface area contributed by atoms with Crippen LogP contribution in [0, 0.1) is 0 Å². The van der Waals surface area contributed by atoms with Gasteiger partial charge in [0.25, 0.3) is 0 Å². The normalized spacial score (nSPS) is 12.2. The summed E-state index contributed by atoms with van der Waals surface area (Å²) in [6.45, 7) is 0. The maximum Gasteiger partial charge on any atom is 0.165 e. The molecule has 43 heavy (non-hydrogen) atoms. The lowest BCUT2D eigenvalue weighted by atomic mass is 9.91. The highest BCUT2D eigenvalue weighted by Gasteiger charge is 2.23. The molecular weight excluding hydrogens is 522 g/mol.